The van der Waals surface area contributed by atoms with Crippen molar-refractivity contribution in [3.8, 4) is 0 Å². The van der Waals surface area contributed by atoms with Crippen LogP contribution in [0.1, 0.15) is 6.92 Å². The van der Waals surface area contributed by atoms with Gasteiger partial charge in [-0.2, -0.15) is 0 Å². The number of hydrogen-bond donors (Lipinski definition) is 2. The van der Waals surface area contributed by atoms with Crippen LogP contribution in [-0.4, -0.2) is 28.8 Å². The van der Waals surface area contributed by atoms with Crippen LogP contribution in [0.5, 0.6) is 0 Å². The van der Waals surface area contributed by atoms with E-state index in [1.54, 1.807) is 0 Å². The number of nitrogens with zero attached hydrogens (tertiary/aromatic N) is 2. The highest BCUT2D eigenvalue weighted by molar-refractivity contribution is 7.80. The minimum absolute atomic E-state index is 0.547. The van der Waals surface area contributed by atoms with E-state index >= 15 is 0 Å². The Balaban J connectivity index is 2.11. The van der Waals surface area contributed by atoms with Crippen LogP contribution in [0.3, 0.4) is 0 Å². The van der Waals surface area contributed by atoms with Gasteiger partial charge in [-0.15, -0.1) is 12.6 Å². The second-order valence-electron chi connectivity index (χ2n) is 3.71. The average Bonchev–Trinajstić information content (AvgIpc) is 2.00. The van der Waals surface area contributed by atoms with E-state index in [1.165, 1.54) is 0 Å². The highest BCUT2D eigenvalue weighted by Gasteiger charge is 2.37. The molecule has 0 bridgehead atoms. The number of β-amino-alcohol motifs (C(OH)–C–C–N with tert-alkyl or cyclic N) is 1. The van der Waals surface area contributed by atoms with Gasteiger partial charge in [-0.3, -0.25) is 0 Å². The molecule has 1 aromatic heterocycles. The molecular formula is C9H12N2OS. The lowest BCUT2D eigenvalue weighted by atomic mass is 9.97. The SMILES string of the molecule is CC1(O)CN(c2cccc(S)n2)C1. The van der Waals surface area contributed by atoms with Gasteiger partial charge >= 0.3 is 0 Å². The fourth-order valence-corrected chi connectivity index (χ4v) is 1.71. The molecule has 2 heterocycles. The third-order valence-electron chi connectivity index (χ3n) is 2.11. The largest absolute Gasteiger partial charge is 0.386 e. The van der Waals surface area contributed by atoms with Gasteiger partial charge in [-0.1, -0.05) is 6.07 Å². The van der Waals surface area contributed by atoms with Crippen LogP contribution < -0.4 is 4.90 Å². The molecule has 0 saturated carbocycles. The summed E-state index contributed by atoms with van der Waals surface area (Å²) in [5, 5.41) is 10.2. The number of pyridine rings is 1. The van der Waals surface area contributed by atoms with Crippen LogP contribution in [0.2, 0.25) is 0 Å². The maximum atomic E-state index is 9.53. The molecule has 2 rings (SSSR count). The first kappa shape index (κ1) is 8.84. The van der Waals surface area contributed by atoms with Crippen LogP contribution in [0.25, 0.3) is 0 Å². The minimum Gasteiger partial charge on any atom is -0.386 e. The molecule has 0 amide bonds. The van der Waals surface area contributed by atoms with Crippen molar-refractivity contribution in [2.75, 3.05) is 18.0 Å². The Morgan fingerprint density at radius 1 is 1.54 bits per heavy atom. The van der Waals surface area contributed by atoms with Gasteiger partial charge < -0.3 is 10.0 Å². The third kappa shape index (κ3) is 1.78. The fraction of sp³-hybridized carbons (Fsp3) is 0.444. The van der Waals surface area contributed by atoms with E-state index in [0.29, 0.717) is 18.1 Å². The van der Waals surface area contributed by atoms with Crippen molar-refractivity contribution in [1.29, 1.82) is 0 Å². The lowest BCUT2D eigenvalue weighted by molar-refractivity contribution is 0.0305. The van der Waals surface area contributed by atoms with Gasteiger partial charge in [0.05, 0.1) is 10.6 Å². The Kier molecular flexibility index (Phi) is 1.96. The molecule has 1 aliphatic heterocycles. The number of hydrogen-bond acceptors (Lipinski definition) is 4. The second-order valence-corrected chi connectivity index (χ2v) is 4.17. The zero-order valence-corrected chi connectivity index (χ0v) is 8.33. The Hall–Kier alpha value is -0.740. The van der Waals surface area contributed by atoms with Crippen molar-refractivity contribution in [2.24, 2.45) is 0 Å². The Labute approximate surface area is 82.8 Å². The molecule has 0 unspecified atom stereocenters. The van der Waals surface area contributed by atoms with Gasteiger partial charge in [0, 0.05) is 13.1 Å². The fourth-order valence-electron chi connectivity index (χ4n) is 1.53. The molecule has 4 heteroatoms. The molecule has 13 heavy (non-hydrogen) atoms. The van der Waals surface area contributed by atoms with Crippen molar-refractivity contribution in [3.63, 3.8) is 0 Å². The van der Waals surface area contributed by atoms with Gasteiger partial charge in [-0.25, -0.2) is 4.98 Å². The Bertz CT molecular complexity index is 319. The predicted molar refractivity (Wildman–Crippen MR) is 54.3 cm³/mol. The summed E-state index contributed by atoms with van der Waals surface area (Å²) in [6.45, 7) is 3.13. The standard InChI is InChI=1S/C9H12N2OS/c1-9(12)5-11(6-9)7-3-2-4-8(13)10-7/h2-4,12H,5-6H2,1H3,(H,10,13). The normalized spacial score (nSPS) is 19.8. The first-order valence-corrected chi connectivity index (χ1v) is 4.65. The predicted octanol–water partition coefficient (Wildman–Crippen LogP) is 0.941. The summed E-state index contributed by atoms with van der Waals surface area (Å²) in [5.74, 6) is 0.888. The Morgan fingerprint density at radius 2 is 2.23 bits per heavy atom. The molecule has 0 aliphatic carbocycles. The van der Waals surface area contributed by atoms with Crippen molar-refractivity contribution in [1.82, 2.24) is 4.98 Å². The molecular weight excluding hydrogens is 184 g/mol. The molecule has 1 fully saturated rings. The van der Waals surface area contributed by atoms with Gasteiger partial charge in [0.1, 0.15) is 5.82 Å². The molecule has 1 N–H and O–H groups in total. The summed E-state index contributed by atoms with van der Waals surface area (Å²) in [5.41, 5.74) is -0.547. The van der Waals surface area contributed by atoms with Crippen molar-refractivity contribution in [3.05, 3.63) is 18.2 Å². The van der Waals surface area contributed by atoms with E-state index in [9.17, 15) is 5.11 Å². The maximum absolute atomic E-state index is 9.53. The lowest BCUT2D eigenvalue weighted by Gasteiger charge is -2.44. The molecule has 0 spiro atoms. The van der Waals surface area contributed by atoms with Crippen molar-refractivity contribution < 1.29 is 5.11 Å². The Morgan fingerprint density at radius 3 is 2.77 bits per heavy atom. The van der Waals surface area contributed by atoms with E-state index in [2.05, 4.69) is 17.6 Å². The number of aromatic nitrogens is 1. The summed E-state index contributed by atoms with van der Waals surface area (Å²) < 4.78 is 0. The van der Waals surface area contributed by atoms with Crippen LogP contribution in [0, 0.1) is 0 Å². The van der Waals surface area contributed by atoms with E-state index in [-0.39, 0.29) is 0 Å². The quantitative estimate of drug-likeness (QED) is 0.656. The summed E-state index contributed by atoms with van der Waals surface area (Å²) in [6.07, 6.45) is 0. The smallest absolute Gasteiger partial charge is 0.130 e. The number of anilines is 1. The summed E-state index contributed by atoms with van der Waals surface area (Å²) in [4.78, 5) is 6.27. The van der Waals surface area contributed by atoms with Crippen LogP contribution in [-0.2, 0) is 0 Å². The second kappa shape index (κ2) is 2.89. The average molecular weight is 196 g/mol. The highest BCUT2D eigenvalue weighted by atomic mass is 32.1. The molecule has 1 aliphatic rings. The van der Waals surface area contributed by atoms with Crippen LogP contribution in [0.4, 0.5) is 5.82 Å². The van der Waals surface area contributed by atoms with E-state index in [4.69, 9.17) is 0 Å². The lowest BCUT2D eigenvalue weighted by Crippen LogP contribution is -2.60. The zero-order chi connectivity index (χ0) is 9.47. The first-order valence-electron chi connectivity index (χ1n) is 4.20. The van der Waals surface area contributed by atoms with Crippen molar-refractivity contribution >= 4 is 18.4 Å². The molecule has 1 saturated heterocycles. The third-order valence-corrected chi connectivity index (χ3v) is 2.36. The van der Waals surface area contributed by atoms with E-state index in [1.807, 2.05) is 30.0 Å². The maximum Gasteiger partial charge on any atom is 0.130 e. The number of rotatable bonds is 1. The van der Waals surface area contributed by atoms with E-state index in [0.717, 1.165) is 5.82 Å². The first-order chi connectivity index (χ1) is 6.07. The molecule has 70 valence electrons. The monoisotopic (exact) mass is 196 g/mol. The van der Waals surface area contributed by atoms with Gasteiger partial charge in [0.15, 0.2) is 0 Å². The molecule has 3 nitrogen and oxygen atoms in total. The van der Waals surface area contributed by atoms with Gasteiger partial charge in [-0.05, 0) is 19.1 Å². The highest BCUT2D eigenvalue weighted by Crippen LogP contribution is 2.25. The summed E-state index contributed by atoms with van der Waals surface area (Å²) in [6, 6.07) is 5.68. The van der Waals surface area contributed by atoms with Gasteiger partial charge in [0.2, 0.25) is 0 Å². The van der Waals surface area contributed by atoms with Crippen molar-refractivity contribution in [2.45, 2.75) is 17.6 Å². The van der Waals surface area contributed by atoms with Gasteiger partial charge in [0.25, 0.3) is 0 Å². The molecule has 0 atom stereocenters. The molecule has 0 aromatic carbocycles. The van der Waals surface area contributed by atoms with Crippen LogP contribution in [0.15, 0.2) is 23.2 Å². The minimum atomic E-state index is -0.547. The number of aliphatic hydroxyl groups is 1. The topological polar surface area (TPSA) is 36.4 Å². The molecule has 1 aromatic rings. The van der Waals surface area contributed by atoms with Crippen LogP contribution >= 0.6 is 12.6 Å². The summed E-state index contributed by atoms with van der Waals surface area (Å²) >= 11 is 4.15. The molecule has 0 radical (unpaired) electrons. The summed E-state index contributed by atoms with van der Waals surface area (Å²) in [7, 11) is 0. The van der Waals surface area contributed by atoms with E-state index < -0.39 is 5.60 Å². The number of thiol groups is 1. The zero-order valence-electron chi connectivity index (χ0n) is 7.44.